The van der Waals surface area contributed by atoms with Crippen LogP contribution in [0.5, 0.6) is 0 Å². The Morgan fingerprint density at radius 3 is 2.53 bits per heavy atom. The Balaban J connectivity index is 4.30. The summed E-state index contributed by atoms with van der Waals surface area (Å²) in [6.45, 7) is 3.89. The summed E-state index contributed by atoms with van der Waals surface area (Å²) < 4.78 is 5.25. The van der Waals surface area contributed by atoms with Gasteiger partial charge in [0.05, 0.1) is 5.60 Å². The average molecular weight is 234 g/mol. The lowest BCUT2D eigenvalue weighted by Crippen LogP contribution is -2.26. The van der Waals surface area contributed by atoms with Crippen LogP contribution < -0.4 is 5.32 Å². The molecule has 0 fully saturated rings. The largest absolute Gasteiger partial charge is 0.433 e. The monoisotopic (exact) mass is 234 g/mol. The van der Waals surface area contributed by atoms with Gasteiger partial charge in [-0.2, -0.15) is 0 Å². The van der Waals surface area contributed by atoms with E-state index in [0.717, 1.165) is 0 Å². The van der Waals surface area contributed by atoms with Gasteiger partial charge in [0.1, 0.15) is 5.04 Å². The van der Waals surface area contributed by atoms with Gasteiger partial charge in [0.25, 0.3) is 0 Å². The number of methoxy groups -OCH3 is 1. The van der Waals surface area contributed by atoms with Crippen LogP contribution in [0.3, 0.4) is 0 Å². The Morgan fingerprint density at radius 2 is 2.13 bits per heavy atom. The first-order valence-corrected chi connectivity index (χ1v) is 5.72. The van der Waals surface area contributed by atoms with Crippen LogP contribution in [0.1, 0.15) is 20.3 Å². The van der Waals surface area contributed by atoms with Crippen molar-refractivity contribution >= 4 is 22.9 Å². The van der Waals surface area contributed by atoms with Crippen molar-refractivity contribution in [3.05, 3.63) is 0 Å². The van der Waals surface area contributed by atoms with Crippen LogP contribution in [-0.2, 0) is 9.57 Å². The molecule has 1 N–H and O–H groups in total. The summed E-state index contributed by atoms with van der Waals surface area (Å²) in [5, 5.41) is 6.76. The maximum Gasteiger partial charge on any atom is 0.433 e. The number of hydrogen-bond donors (Lipinski definition) is 1. The van der Waals surface area contributed by atoms with Gasteiger partial charge in [-0.15, -0.1) is 11.8 Å². The number of oxime groups is 1. The Labute approximate surface area is 94.6 Å². The highest BCUT2D eigenvalue weighted by Crippen LogP contribution is 2.18. The zero-order valence-corrected chi connectivity index (χ0v) is 10.6. The highest BCUT2D eigenvalue weighted by molar-refractivity contribution is 8.13. The first-order valence-electron chi connectivity index (χ1n) is 4.50. The minimum Gasteiger partial charge on any atom is -0.378 e. The molecule has 0 saturated heterocycles. The summed E-state index contributed by atoms with van der Waals surface area (Å²) in [5.41, 5.74) is -0.312. The fourth-order valence-corrected chi connectivity index (χ4v) is 1.32. The molecule has 88 valence electrons. The van der Waals surface area contributed by atoms with Crippen molar-refractivity contribution in [2.24, 2.45) is 5.16 Å². The van der Waals surface area contributed by atoms with Gasteiger partial charge in [-0.25, -0.2) is 4.79 Å². The van der Waals surface area contributed by atoms with E-state index in [9.17, 15) is 4.79 Å². The van der Waals surface area contributed by atoms with E-state index in [2.05, 4.69) is 15.3 Å². The fourth-order valence-electron chi connectivity index (χ4n) is 0.716. The Morgan fingerprint density at radius 1 is 1.53 bits per heavy atom. The second kappa shape index (κ2) is 6.68. The van der Waals surface area contributed by atoms with Gasteiger partial charge in [-0.1, -0.05) is 5.16 Å². The van der Waals surface area contributed by atoms with Crippen LogP contribution in [0.2, 0.25) is 0 Å². The molecule has 0 aliphatic heterocycles. The number of amides is 1. The summed E-state index contributed by atoms with van der Waals surface area (Å²) in [5.74, 6) is 0. The molecule has 0 aromatic carbocycles. The lowest BCUT2D eigenvalue weighted by Gasteiger charge is -2.22. The summed E-state index contributed by atoms with van der Waals surface area (Å²) in [6, 6.07) is 0. The van der Waals surface area contributed by atoms with Crippen LogP contribution in [0.15, 0.2) is 5.16 Å². The van der Waals surface area contributed by atoms with Crippen molar-refractivity contribution in [3.63, 3.8) is 0 Å². The van der Waals surface area contributed by atoms with Crippen LogP contribution in [0, 0.1) is 0 Å². The number of hydrogen-bond acceptors (Lipinski definition) is 5. The number of carbonyl (C=O) groups excluding carboxylic acids is 1. The summed E-state index contributed by atoms with van der Waals surface area (Å²) in [6.07, 6.45) is 1.90. The van der Waals surface area contributed by atoms with Crippen molar-refractivity contribution in [2.75, 3.05) is 20.4 Å². The van der Waals surface area contributed by atoms with E-state index in [1.807, 2.05) is 20.1 Å². The molecule has 0 heterocycles. The molecule has 0 aliphatic rings. The smallest absolute Gasteiger partial charge is 0.378 e. The van der Waals surface area contributed by atoms with Crippen molar-refractivity contribution < 1.29 is 14.4 Å². The van der Waals surface area contributed by atoms with Gasteiger partial charge in [0.2, 0.25) is 0 Å². The number of ether oxygens (including phenoxy) is 1. The number of thioether (sulfide) groups is 1. The highest BCUT2D eigenvalue weighted by Gasteiger charge is 2.19. The van der Waals surface area contributed by atoms with Crippen LogP contribution in [0.25, 0.3) is 0 Å². The van der Waals surface area contributed by atoms with Gasteiger partial charge in [0, 0.05) is 20.6 Å². The molecular weight excluding hydrogens is 216 g/mol. The van der Waals surface area contributed by atoms with Crippen LogP contribution >= 0.6 is 11.8 Å². The molecule has 0 radical (unpaired) electrons. The molecule has 0 aromatic heterocycles. The van der Waals surface area contributed by atoms with E-state index in [4.69, 9.17) is 4.74 Å². The van der Waals surface area contributed by atoms with E-state index >= 15 is 0 Å². The molecule has 6 heteroatoms. The predicted molar refractivity (Wildman–Crippen MR) is 62.2 cm³/mol. The number of carbonyl (C=O) groups is 1. The third kappa shape index (κ3) is 6.35. The summed E-state index contributed by atoms with van der Waals surface area (Å²) in [4.78, 5) is 15.4. The molecule has 1 amide bonds. The highest BCUT2D eigenvalue weighted by atomic mass is 32.2. The maximum atomic E-state index is 10.8. The van der Waals surface area contributed by atoms with Gasteiger partial charge >= 0.3 is 6.09 Å². The third-order valence-electron chi connectivity index (χ3n) is 1.80. The van der Waals surface area contributed by atoms with Gasteiger partial charge < -0.3 is 10.1 Å². The predicted octanol–water partition coefficient (Wildman–Crippen LogP) is 1.83. The Bertz CT molecular complexity index is 242. The lowest BCUT2D eigenvalue weighted by molar-refractivity contribution is 0.0291. The van der Waals surface area contributed by atoms with E-state index in [-0.39, 0.29) is 5.60 Å². The zero-order valence-electron chi connectivity index (χ0n) is 9.79. The second-order valence-electron chi connectivity index (χ2n) is 3.46. The number of rotatable bonds is 4. The summed E-state index contributed by atoms with van der Waals surface area (Å²) >= 11 is 1.43. The molecule has 0 aromatic rings. The first kappa shape index (κ1) is 14.2. The topological polar surface area (TPSA) is 59.9 Å². The first-order chi connectivity index (χ1) is 6.95. The summed E-state index contributed by atoms with van der Waals surface area (Å²) in [7, 11) is 3.12. The molecule has 5 nitrogen and oxygen atoms in total. The molecule has 0 spiro atoms. The third-order valence-corrected chi connectivity index (χ3v) is 2.49. The molecule has 0 aliphatic carbocycles. The van der Waals surface area contributed by atoms with Crippen molar-refractivity contribution in [1.29, 1.82) is 0 Å². The molecule has 0 saturated carbocycles. The molecule has 15 heavy (non-hydrogen) atoms. The van der Waals surface area contributed by atoms with Gasteiger partial charge in [0.15, 0.2) is 0 Å². The van der Waals surface area contributed by atoms with E-state index in [1.165, 1.54) is 18.8 Å². The van der Waals surface area contributed by atoms with Gasteiger partial charge in [-0.3, -0.25) is 4.84 Å². The average Bonchev–Trinajstić information content (AvgIpc) is 2.23. The van der Waals surface area contributed by atoms with Crippen LogP contribution in [0.4, 0.5) is 4.79 Å². The van der Waals surface area contributed by atoms with Gasteiger partial charge in [-0.05, 0) is 20.1 Å². The molecule has 0 unspecified atom stereocenters. The van der Waals surface area contributed by atoms with E-state index in [0.29, 0.717) is 11.5 Å². The minimum atomic E-state index is -0.572. The van der Waals surface area contributed by atoms with E-state index in [1.54, 1.807) is 7.11 Å². The number of nitrogens with zero attached hydrogens (tertiary/aromatic N) is 1. The van der Waals surface area contributed by atoms with Crippen molar-refractivity contribution in [1.82, 2.24) is 5.32 Å². The molecule has 0 bridgehead atoms. The van der Waals surface area contributed by atoms with E-state index < -0.39 is 6.09 Å². The van der Waals surface area contributed by atoms with Crippen molar-refractivity contribution in [3.8, 4) is 0 Å². The maximum absolute atomic E-state index is 10.8. The zero-order chi connectivity index (χ0) is 11.9. The minimum absolute atomic E-state index is 0.312. The number of nitrogens with one attached hydrogen (secondary N) is 1. The molecular formula is C9H18N2O3S. The van der Waals surface area contributed by atoms with Crippen molar-refractivity contribution in [2.45, 2.75) is 25.9 Å². The SMILES string of the molecule is CNC(=O)ON=C(CC(C)(C)OC)SC. The Kier molecular flexibility index (Phi) is 6.35. The fraction of sp³-hybridized carbons (Fsp3) is 0.778. The second-order valence-corrected chi connectivity index (χ2v) is 4.34. The molecule has 0 rings (SSSR count). The van der Waals surface area contributed by atoms with Crippen LogP contribution in [-0.4, -0.2) is 37.2 Å². The lowest BCUT2D eigenvalue weighted by atomic mass is 10.1. The Hall–Kier alpha value is -0.750. The quantitative estimate of drug-likeness (QED) is 0.349. The normalized spacial score (nSPS) is 12.5. The molecule has 0 atom stereocenters. The standard InChI is InChI=1S/C9H18N2O3S/c1-9(2,13-4)6-7(15-5)11-14-8(12)10-3/h6H2,1-5H3,(H,10,12).